The molecule has 196 valence electrons. The van der Waals surface area contributed by atoms with Gasteiger partial charge in [0.25, 0.3) is 0 Å². The Balaban J connectivity index is 1.50. The number of nitrogens with zero attached hydrogens (tertiary/aromatic N) is 2. The number of anilines is 1. The van der Waals surface area contributed by atoms with E-state index < -0.39 is 8.32 Å². The Morgan fingerprint density at radius 3 is 2.60 bits per heavy atom. The molecule has 8 heteroatoms. The smallest absolute Gasteiger partial charge is 0.188 e. The summed E-state index contributed by atoms with van der Waals surface area (Å²) >= 11 is 1.78. The standard InChI is InChI=1S/C27H45N3O3SSi/c1-27(2,35(4,5)31)13-21-11-20(12-22(21)15-33-18-32-3)23-16-34-25-24(23)29-17-30-26(25)28-14-19-9-7-6-8-10-19/h16-17,19-22,31H,6-15,18H2,1-5H3,(H,28,29,30)/t20-,21+,22-/m0/s1. The molecule has 0 aliphatic heterocycles. The summed E-state index contributed by atoms with van der Waals surface area (Å²) in [6.45, 7) is 10.7. The van der Waals surface area contributed by atoms with E-state index in [1.165, 1.54) is 42.4 Å². The third-order valence-corrected chi connectivity index (χ3v) is 13.4. The first-order chi connectivity index (χ1) is 16.7. The van der Waals surface area contributed by atoms with Crippen molar-refractivity contribution in [3.05, 3.63) is 17.3 Å². The van der Waals surface area contributed by atoms with Crippen LogP contribution in [0.2, 0.25) is 18.1 Å². The first kappa shape index (κ1) is 27.0. The fourth-order valence-electron chi connectivity index (χ4n) is 6.03. The molecule has 0 spiro atoms. The van der Waals surface area contributed by atoms with E-state index in [2.05, 4.69) is 42.6 Å². The molecular weight excluding hydrogens is 474 g/mol. The lowest BCUT2D eigenvalue weighted by atomic mass is 9.88. The molecule has 2 saturated carbocycles. The lowest BCUT2D eigenvalue weighted by Crippen LogP contribution is -2.40. The SMILES string of the molecule is COCOC[C@@H]1C[C@@H](c2csc3c(NCC4CCCCC4)ncnc23)C[C@@H]1CC(C)(C)[Si](C)(C)O. The zero-order valence-electron chi connectivity index (χ0n) is 22.3. The summed E-state index contributed by atoms with van der Waals surface area (Å²) in [6.07, 6.45) is 11.8. The van der Waals surface area contributed by atoms with Crippen LogP contribution >= 0.6 is 11.3 Å². The fraction of sp³-hybridized carbons (Fsp3) is 0.778. The van der Waals surface area contributed by atoms with E-state index in [1.54, 1.807) is 24.8 Å². The predicted octanol–water partition coefficient (Wildman–Crippen LogP) is 6.78. The predicted molar refractivity (Wildman–Crippen MR) is 148 cm³/mol. The zero-order chi connectivity index (χ0) is 25.1. The Labute approximate surface area is 216 Å². The maximum absolute atomic E-state index is 10.9. The number of hydrogen-bond acceptors (Lipinski definition) is 7. The van der Waals surface area contributed by atoms with Crippen molar-refractivity contribution in [3.63, 3.8) is 0 Å². The highest BCUT2D eigenvalue weighted by Gasteiger charge is 2.44. The van der Waals surface area contributed by atoms with Gasteiger partial charge in [0.2, 0.25) is 0 Å². The monoisotopic (exact) mass is 519 g/mol. The van der Waals surface area contributed by atoms with Crippen LogP contribution in [-0.4, -0.2) is 50.1 Å². The van der Waals surface area contributed by atoms with Crippen LogP contribution < -0.4 is 5.32 Å². The van der Waals surface area contributed by atoms with Crippen molar-refractivity contribution in [3.8, 4) is 0 Å². The van der Waals surface area contributed by atoms with Gasteiger partial charge < -0.3 is 19.6 Å². The van der Waals surface area contributed by atoms with E-state index in [1.807, 2.05) is 0 Å². The average molecular weight is 520 g/mol. The molecule has 4 rings (SSSR count). The first-order valence-corrected chi connectivity index (χ1v) is 17.3. The van der Waals surface area contributed by atoms with Crippen molar-refractivity contribution in [1.82, 2.24) is 9.97 Å². The molecule has 0 amide bonds. The van der Waals surface area contributed by atoms with Gasteiger partial charge in [-0.25, -0.2) is 9.97 Å². The largest absolute Gasteiger partial charge is 0.432 e. The van der Waals surface area contributed by atoms with Gasteiger partial charge in [0.05, 0.1) is 16.8 Å². The minimum absolute atomic E-state index is 0.0405. The summed E-state index contributed by atoms with van der Waals surface area (Å²) in [4.78, 5) is 20.3. The van der Waals surface area contributed by atoms with Gasteiger partial charge in [0.1, 0.15) is 18.9 Å². The number of rotatable bonds is 11. The van der Waals surface area contributed by atoms with Gasteiger partial charge in [-0.3, -0.25) is 0 Å². The van der Waals surface area contributed by atoms with E-state index in [-0.39, 0.29) is 5.04 Å². The van der Waals surface area contributed by atoms with E-state index in [9.17, 15) is 4.80 Å². The van der Waals surface area contributed by atoms with Crippen LogP contribution in [0.3, 0.4) is 0 Å². The van der Waals surface area contributed by atoms with Crippen molar-refractivity contribution in [2.45, 2.75) is 89.3 Å². The number of ether oxygens (including phenoxy) is 2. The third kappa shape index (κ3) is 6.45. The highest BCUT2D eigenvalue weighted by molar-refractivity contribution is 7.18. The summed E-state index contributed by atoms with van der Waals surface area (Å²) in [5, 5.41) is 5.94. The summed E-state index contributed by atoms with van der Waals surface area (Å²) in [5.74, 6) is 3.21. The van der Waals surface area contributed by atoms with Crippen LogP contribution in [0.15, 0.2) is 11.7 Å². The number of methoxy groups -OCH3 is 1. The second kappa shape index (κ2) is 11.5. The second-order valence-electron chi connectivity index (χ2n) is 12.1. The summed E-state index contributed by atoms with van der Waals surface area (Å²) in [7, 11) is -0.600. The highest BCUT2D eigenvalue weighted by atomic mass is 32.1. The Kier molecular flexibility index (Phi) is 8.90. The molecule has 0 aromatic carbocycles. The molecule has 3 atom stereocenters. The van der Waals surface area contributed by atoms with Gasteiger partial charge in [0, 0.05) is 13.7 Å². The molecule has 0 saturated heterocycles. The summed E-state index contributed by atoms with van der Waals surface area (Å²) in [6, 6.07) is 0. The quantitative estimate of drug-likeness (QED) is 0.194. The van der Waals surface area contributed by atoms with E-state index in [0.717, 1.165) is 43.1 Å². The van der Waals surface area contributed by atoms with Crippen molar-refractivity contribution in [2.24, 2.45) is 17.8 Å². The van der Waals surface area contributed by atoms with Crippen LogP contribution in [0.1, 0.15) is 76.7 Å². The van der Waals surface area contributed by atoms with Crippen molar-refractivity contribution in [1.29, 1.82) is 0 Å². The van der Waals surface area contributed by atoms with E-state index in [0.29, 0.717) is 31.2 Å². The Bertz CT molecular complexity index is 955. The van der Waals surface area contributed by atoms with Crippen molar-refractivity contribution in [2.75, 3.05) is 32.4 Å². The van der Waals surface area contributed by atoms with Gasteiger partial charge >= 0.3 is 0 Å². The van der Waals surface area contributed by atoms with Gasteiger partial charge in [-0.05, 0) is 84.9 Å². The second-order valence-corrected chi connectivity index (χ2v) is 17.4. The Morgan fingerprint density at radius 1 is 1.14 bits per heavy atom. The van der Waals surface area contributed by atoms with Gasteiger partial charge in [0.15, 0.2) is 8.32 Å². The van der Waals surface area contributed by atoms with E-state index >= 15 is 0 Å². The zero-order valence-corrected chi connectivity index (χ0v) is 24.1. The van der Waals surface area contributed by atoms with Crippen LogP contribution in [0.4, 0.5) is 5.82 Å². The minimum Gasteiger partial charge on any atom is -0.432 e. The number of thiophene rings is 1. The highest BCUT2D eigenvalue weighted by Crippen LogP contribution is 2.52. The van der Waals surface area contributed by atoms with Crippen LogP contribution in [-0.2, 0) is 9.47 Å². The first-order valence-electron chi connectivity index (χ1n) is 13.4. The van der Waals surface area contributed by atoms with Gasteiger partial charge in [-0.1, -0.05) is 33.1 Å². The Morgan fingerprint density at radius 2 is 1.89 bits per heavy atom. The topological polar surface area (TPSA) is 76.5 Å². The number of aromatic nitrogens is 2. The molecule has 2 N–H and O–H groups in total. The lowest BCUT2D eigenvalue weighted by molar-refractivity contribution is -0.0482. The molecule has 2 aliphatic carbocycles. The fourth-order valence-corrected chi connectivity index (χ4v) is 7.85. The molecule has 35 heavy (non-hydrogen) atoms. The van der Waals surface area contributed by atoms with Crippen molar-refractivity contribution < 1.29 is 14.3 Å². The molecule has 2 fully saturated rings. The maximum atomic E-state index is 10.9. The summed E-state index contributed by atoms with van der Waals surface area (Å²) < 4.78 is 12.2. The van der Waals surface area contributed by atoms with E-state index in [4.69, 9.17) is 14.5 Å². The Hall–Kier alpha value is -1.06. The maximum Gasteiger partial charge on any atom is 0.188 e. The number of nitrogens with one attached hydrogen (secondary N) is 1. The minimum atomic E-state index is -2.28. The molecule has 2 aromatic heterocycles. The van der Waals surface area contributed by atoms with Gasteiger partial charge in [-0.15, -0.1) is 11.3 Å². The average Bonchev–Trinajstić information content (AvgIpc) is 3.42. The molecule has 2 aliphatic rings. The normalized spacial score (nSPS) is 24.3. The van der Waals surface area contributed by atoms with Crippen LogP contribution in [0.25, 0.3) is 10.2 Å². The molecule has 0 unspecified atom stereocenters. The molecule has 6 nitrogen and oxygen atoms in total. The lowest BCUT2D eigenvalue weighted by Gasteiger charge is -2.38. The molecule has 2 aromatic rings. The van der Waals surface area contributed by atoms with Crippen LogP contribution in [0.5, 0.6) is 0 Å². The van der Waals surface area contributed by atoms with Gasteiger partial charge in [-0.2, -0.15) is 0 Å². The molecule has 0 radical (unpaired) electrons. The number of fused-ring (bicyclic) bond motifs is 1. The van der Waals surface area contributed by atoms with Crippen molar-refractivity contribution >= 4 is 35.7 Å². The molecule has 2 heterocycles. The summed E-state index contributed by atoms with van der Waals surface area (Å²) in [5.41, 5.74) is 2.49. The van der Waals surface area contributed by atoms with Crippen LogP contribution in [0, 0.1) is 17.8 Å². The molecular formula is C27H45N3O3SSi. The third-order valence-electron chi connectivity index (χ3n) is 8.91. The molecule has 0 bridgehead atoms. The number of hydrogen-bond donors (Lipinski definition) is 2.